The van der Waals surface area contributed by atoms with Gasteiger partial charge >= 0.3 is 0 Å². The number of rotatable bonds is 10. The summed E-state index contributed by atoms with van der Waals surface area (Å²) in [6.07, 6.45) is 0.607. The molecular weight excluding hydrogens is 491 g/mol. The van der Waals surface area contributed by atoms with Gasteiger partial charge in [-0.05, 0) is 59.7 Å². The molecule has 6 heteroatoms. The maximum Gasteiger partial charge on any atom is 0.243 e. The summed E-state index contributed by atoms with van der Waals surface area (Å²) in [4.78, 5) is 29.0. The summed E-state index contributed by atoms with van der Waals surface area (Å²) in [6, 6.07) is 20.5. The van der Waals surface area contributed by atoms with Crippen LogP contribution in [0, 0.1) is 19.8 Å². The van der Waals surface area contributed by atoms with Crippen molar-refractivity contribution in [1.82, 2.24) is 10.2 Å². The molecule has 1 atom stereocenters. The zero-order chi connectivity index (χ0) is 26.2. The fraction of sp³-hybridized carbons (Fsp3) is 0.333. The van der Waals surface area contributed by atoms with Crippen LogP contribution in [0.25, 0.3) is 0 Å². The predicted molar refractivity (Wildman–Crippen MR) is 148 cm³/mol. The molecule has 4 nitrogen and oxygen atoms in total. The molecular formula is C30H34Cl2N2O2. The Labute approximate surface area is 224 Å². The molecule has 0 saturated carbocycles. The molecule has 0 spiro atoms. The first kappa shape index (κ1) is 27.8. The molecule has 0 aliphatic carbocycles. The van der Waals surface area contributed by atoms with Crippen LogP contribution in [0.5, 0.6) is 0 Å². The maximum absolute atomic E-state index is 13.8. The number of benzene rings is 3. The number of nitrogens with one attached hydrogen (secondary N) is 1. The van der Waals surface area contributed by atoms with E-state index in [1.807, 2.05) is 82.3 Å². The minimum atomic E-state index is -0.681. The topological polar surface area (TPSA) is 49.4 Å². The summed E-state index contributed by atoms with van der Waals surface area (Å²) in [5, 5.41) is 3.91. The van der Waals surface area contributed by atoms with Gasteiger partial charge in [0.05, 0.1) is 16.5 Å². The summed E-state index contributed by atoms with van der Waals surface area (Å²) < 4.78 is 0. The smallest absolute Gasteiger partial charge is 0.243 e. The van der Waals surface area contributed by atoms with Crippen molar-refractivity contribution >= 4 is 35.0 Å². The average Bonchev–Trinajstić information content (AvgIpc) is 2.84. The van der Waals surface area contributed by atoms with Gasteiger partial charge in [0, 0.05) is 19.5 Å². The van der Waals surface area contributed by atoms with E-state index >= 15 is 0 Å². The highest BCUT2D eigenvalue weighted by atomic mass is 35.5. The molecule has 3 aromatic carbocycles. The lowest BCUT2D eigenvalue weighted by atomic mass is 10.00. The molecule has 3 rings (SSSR count). The molecule has 36 heavy (non-hydrogen) atoms. The summed E-state index contributed by atoms with van der Waals surface area (Å²) >= 11 is 12.4. The molecule has 0 radical (unpaired) electrons. The molecule has 0 saturated heterocycles. The Hall–Kier alpha value is -2.82. The van der Waals surface area contributed by atoms with E-state index in [1.165, 1.54) is 5.56 Å². The largest absolute Gasteiger partial charge is 0.354 e. The molecule has 0 aliphatic rings. The Morgan fingerprint density at radius 2 is 1.53 bits per heavy atom. The van der Waals surface area contributed by atoms with Gasteiger partial charge in [0.15, 0.2) is 0 Å². The summed E-state index contributed by atoms with van der Waals surface area (Å²) in [7, 11) is 0. The van der Waals surface area contributed by atoms with Crippen LogP contribution in [0.1, 0.15) is 41.7 Å². The van der Waals surface area contributed by atoms with E-state index in [-0.39, 0.29) is 24.8 Å². The van der Waals surface area contributed by atoms with Crippen molar-refractivity contribution in [2.24, 2.45) is 5.92 Å². The van der Waals surface area contributed by atoms with Gasteiger partial charge in [0.2, 0.25) is 11.8 Å². The molecule has 1 N–H and O–H groups in total. The molecule has 190 valence electrons. The first-order valence-electron chi connectivity index (χ1n) is 12.2. The summed E-state index contributed by atoms with van der Waals surface area (Å²) in [5.41, 5.74) is 5.02. The second kappa shape index (κ2) is 12.9. The molecule has 0 heterocycles. The molecule has 0 fully saturated rings. The Morgan fingerprint density at radius 3 is 2.17 bits per heavy atom. The number of hydrogen-bond donors (Lipinski definition) is 1. The van der Waals surface area contributed by atoms with Crippen molar-refractivity contribution < 1.29 is 9.59 Å². The van der Waals surface area contributed by atoms with Crippen molar-refractivity contribution in [2.45, 2.75) is 53.1 Å². The predicted octanol–water partition coefficient (Wildman–Crippen LogP) is 6.57. The minimum Gasteiger partial charge on any atom is -0.354 e. The van der Waals surface area contributed by atoms with Gasteiger partial charge in [0.25, 0.3) is 0 Å². The van der Waals surface area contributed by atoms with Crippen LogP contribution in [0.4, 0.5) is 0 Å². The van der Waals surface area contributed by atoms with Crippen molar-refractivity contribution in [3.05, 3.63) is 105 Å². The van der Waals surface area contributed by atoms with Gasteiger partial charge in [-0.15, -0.1) is 0 Å². The van der Waals surface area contributed by atoms with E-state index in [4.69, 9.17) is 23.2 Å². The van der Waals surface area contributed by atoms with Crippen LogP contribution in [-0.4, -0.2) is 29.3 Å². The molecule has 2 amide bonds. The average molecular weight is 526 g/mol. The zero-order valence-electron chi connectivity index (χ0n) is 21.4. The summed E-state index contributed by atoms with van der Waals surface area (Å²) in [5.74, 6) is 0.00656. The Morgan fingerprint density at radius 1 is 0.833 bits per heavy atom. The molecule has 0 aromatic heterocycles. The number of amides is 2. The normalized spacial score (nSPS) is 11.9. The number of halogens is 2. The van der Waals surface area contributed by atoms with Gasteiger partial charge in [0.1, 0.15) is 6.04 Å². The second-order valence-corrected chi connectivity index (χ2v) is 10.5. The van der Waals surface area contributed by atoms with E-state index in [1.54, 1.807) is 17.0 Å². The van der Waals surface area contributed by atoms with Gasteiger partial charge in [-0.2, -0.15) is 0 Å². The van der Waals surface area contributed by atoms with Crippen LogP contribution in [0.2, 0.25) is 10.0 Å². The van der Waals surface area contributed by atoms with Crippen LogP contribution in [0.15, 0.2) is 66.7 Å². The number of carbonyl (C=O) groups excluding carboxylic acids is 2. The third kappa shape index (κ3) is 7.84. The number of hydrogen-bond acceptors (Lipinski definition) is 2. The van der Waals surface area contributed by atoms with Crippen LogP contribution < -0.4 is 5.32 Å². The standard InChI is InChI=1S/C30H34Cl2N2O2/c1-20(2)18-33-30(36)28(16-23-8-6-5-7-9-23)34(19-25-12-13-26(31)27(32)15-25)29(35)17-24-11-10-21(3)22(4)14-24/h5-15,20,28H,16-19H2,1-4H3,(H,33,36). The zero-order valence-corrected chi connectivity index (χ0v) is 22.9. The fourth-order valence-electron chi connectivity index (χ4n) is 4.00. The van der Waals surface area contributed by atoms with Gasteiger partial charge in [-0.1, -0.05) is 91.6 Å². The lowest BCUT2D eigenvalue weighted by Gasteiger charge is -2.32. The van der Waals surface area contributed by atoms with Crippen molar-refractivity contribution in [1.29, 1.82) is 0 Å². The Bertz CT molecular complexity index is 1190. The van der Waals surface area contributed by atoms with Crippen molar-refractivity contribution in [3.63, 3.8) is 0 Å². The minimum absolute atomic E-state index is 0.120. The first-order chi connectivity index (χ1) is 17.1. The summed E-state index contributed by atoms with van der Waals surface area (Å²) in [6.45, 7) is 8.96. The highest BCUT2D eigenvalue weighted by Gasteiger charge is 2.30. The number of nitrogens with zero attached hydrogens (tertiary/aromatic N) is 1. The Balaban J connectivity index is 1.98. The SMILES string of the molecule is Cc1ccc(CC(=O)N(Cc2ccc(Cl)c(Cl)c2)C(Cc2ccccc2)C(=O)NCC(C)C)cc1C. The highest BCUT2D eigenvalue weighted by molar-refractivity contribution is 6.42. The second-order valence-electron chi connectivity index (χ2n) is 9.71. The Kier molecular flexibility index (Phi) is 9.98. The maximum atomic E-state index is 13.8. The van der Waals surface area contributed by atoms with Crippen LogP contribution in [0.3, 0.4) is 0 Å². The first-order valence-corrected chi connectivity index (χ1v) is 13.0. The van der Waals surface area contributed by atoms with E-state index < -0.39 is 6.04 Å². The highest BCUT2D eigenvalue weighted by Crippen LogP contribution is 2.25. The number of carbonyl (C=O) groups is 2. The van der Waals surface area contributed by atoms with E-state index in [0.717, 1.165) is 22.3 Å². The van der Waals surface area contributed by atoms with Crippen LogP contribution in [-0.2, 0) is 29.0 Å². The van der Waals surface area contributed by atoms with Gasteiger partial charge in [-0.25, -0.2) is 0 Å². The molecule has 3 aromatic rings. The fourth-order valence-corrected chi connectivity index (χ4v) is 4.32. The van der Waals surface area contributed by atoms with Crippen LogP contribution >= 0.6 is 23.2 Å². The van der Waals surface area contributed by atoms with Gasteiger partial charge < -0.3 is 10.2 Å². The molecule has 1 unspecified atom stereocenters. The van der Waals surface area contributed by atoms with Crippen molar-refractivity contribution in [3.8, 4) is 0 Å². The third-order valence-electron chi connectivity index (χ3n) is 6.22. The quantitative estimate of drug-likeness (QED) is 0.326. The van der Waals surface area contributed by atoms with Crippen molar-refractivity contribution in [2.75, 3.05) is 6.54 Å². The molecule has 0 aliphatic heterocycles. The number of aryl methyl sites for hydroxylation is 2. The molecule has 0 bridgehead atoms. The monoisotopic (exact) mass is 524 g/mol. The lowest BCUT2D eigenvalue weighted by Crippen LogP contribution is -2.51. The van der Waals surface area contributed by atoms with E-state index in [0.29, 0.717) is 28.9 Å². The lowest BCUT2D eigenvalue weighted by molar-refractivity contribution is -0.140. The van der Waals surface area contributed by atoms with E-state index in [2.05, 4.69) is 5.32 Å². The third-order valence-corrected chi connectivity index (χ3v) is 6.96. The van der Waals surface area contributed by atoms with Gasteiger partial charge in [-0.3, -0.25) is 9.59 Å². The van der Waals surface area contributed by atoms with E-state index in [9.17, 15) is 9.59 Å².